The Kier molecular flexibility index (Phi) is 4.44. The summed E-state index contributed by atoms with van der Waals surface area (Å²) in [5, 5.41) is 11.7. The molecular formula is C14H13N3O3S. The summed E-state index contributed by atoms with van der Waals surface area (Å²) in [6.07, 6.45) is 2.56. The Morgan fingerprint density at radius 1 is 1.33 bits per heavy atom. The molecule has 21 heavy (non-hydrogen) atoms. The zero-order valence-corrected chi connectivity index (χ0v) is 12.3. The summed E-state index contributed by atoms with van der Waals surface area (Å²) in [5.41, 5.74) is 2.04. The van der Waals surface area contributed by atoms with Crippen LogP contribution in [0.2, 0.25) is 0 Å². The lowest BCUT2D eigenvalue weighted by Gasteiger charge is -2.05. The van der Waals surface area contributed by atoms with Gasteiger partial charge in [-0.1, -0.05) is 6.07 Å². The number of amides is 1. The lowest BCUT2D eigenvalue weighted by atomic mass is 10.0. The first-order chi connectivity index (χ1) is 9.95. The molecule has 2 rings (SSSR count). The first-order valence-corrected chi connectivity index (χ1v) is 6.86. The zero-order valence-electron chi connectivity index (χ0n) is 11.5. The lowest BCUT2D eigenvalue weighted by Crippen LogP contribution is -2.12. The molecule has 0 aliphatic heterocycles. The fourth-order valence-electron chi connectivity index (χ4n) is 1.68. The summed E-state index contributed by atoms with van der Waals surface area (Å²) in [5.74, 6) is -0.675. The predicted molar refractivity (Wildman–Crippen MR) is 80.4 cm³/mol. The molecule has 7 heteroatoms. The molecule has 1 heterocycles. The third kappa shape index (κ3) is 3.96. The van der Waals surface area contributed by atoms with Crippen molar-refractivity contribution in [3.63, 3.8) is 0 Å². The normalized spacial score (nSPS) is 10.8. The van der Waals surface area contributed by atoms with Crippen molar-refractivity contribution in [2.24, 2.45) is 0 Å². The van der Waals surface area contributed by atoms with Crippen LogP contribution >= 0.6 is 11.5 Å². The van der Waals surface area contributed by atoms with E-state index in [9.17, 15) is 9.59 Å². The van der Waals surface area contributed by atoms with Crippen LogP contribution in [0.15, 0.2) is 24.3 Å². The minimum atomic E-state index is -1.01. The Hall–Kier alpha value is -2.54. The molecule has 1 amide bonds. The number of hydrogen-bond donors (Lipinski definition) is 2. The number of benzene rings is 1. The molecule has 108 valence electrons. The molecule has 0 radical (unpaired) electrons. The van der Waals surface area contributed by atoms with Gasteiger partial charge in [-0.3, -0.25) is 10.1 Å². The first kappa shape index (κ1) is 14.9. The molecule has 2 aromatic rings. The van der Waals surface area contributed by atoms with Gasteiger partial charge in [0.05, 0.1) is 0 Å². The molecule has 1 aromatic heterocycles. The van der Waals surface area contributed by atoms with Gasteiger partial charge in [0.2, 0.25) is 5.13 Å². The summed E-state index contributed by atoms with van der Waals surface area (Å²) in [6.45, 7) is 3.56. The Bertz CT molecular complexity index is 722. The first-order valence-electron chi connectivity index (χ1n) is 6.09. The molecule has 1 aromatic carbocycles. The van der Waals surface area contributed by atoms with E-state index in [2.05, 4.69) is 14.7 Å². The van der Waals surface area contributed by atoms with E-state index < -0.39 is 5.97 Å². The van der Waals surface area contributed by atoms with Crippen molar-refractivity contribution in [1.29, 1.82) is 0 Å². The van der Waals surface area contributed by atoms with E-state index in [0.29, 0.717) is 16.5 Å². The highest BCUT2D eigenvalue weighted by molar-refractivity contribution is 7.09. The van der Waals surface area contributed by atoms with E-state index in [1.54, 1.807) is 25.1 Å². The van der Waals surface area contributed by atoms with Crippen LogP contribution in [0.3, 0.4) is 0 Å². The van der Waals surface area contributed by atoms with Crippen LogP contribution in [0.25, 0.3) is 6.08 Å². The van der Waals surface area contributed by atoms with E-state index in [0.717, 1.165) is 28.7 Å². The SMILES string of the molecule is Cc1nsc(NC(=O)c2ccc(/C=C/C(=O)O)c(C)c2)n1. The number of aryl methyl sites for hydroxylation is 2. The second-order valence-corrected chi connectivity index (χ2v) is 5.10. The number of nitrogens with zero attached hydrogens (tertiary/aromatic N) is 2. The number of nitrogens with one attached hydrogen (secondary N) is 1. The molecule has 0 atom stereocenters. The van der Waals surface area contributed by atoms with Gasteiger partial charge in [0.1, 0.15) is 5.82 Å². The van der Waals surface area contributed by atoms with Gasteiger partial charge in [0, 0.05) is 23.2 Å². The van der Waals surface area contributed by atoms with Crippen LogP contribution in [0.4, 0.5) is 5.13 Å². The van der Waals surface area contributed by atoms with Crippen molar-refractivity contribution in [2.75, 3.05) is 5.32 Å². The van der Waals surface area contributed by atoms with Crippen molar-refractivity contribution >= 4 is 34.6 Å². The van der Waals surface area contributed by atoms with Crippen LogP contribution in [0, 0.1) is 13.8 Å². The Balaban J connectivity index is 2.15. The highest BCUT2D eigenvalue weighted by Gasteiger charge is 2.10. The van der Waals surface area contributed by atoms with Gasteiger partial charge >= 0.3 is 5.97 Å². The third-order valence-electron chi connectivity index (χ3n) is 2.69. The van der Waals surface area contributed by atoms with Crippen LogP contribution in [-0.4, -0.2) is 26.3 Å². The zero-order chi connectivity index (χ0) is 15.4. The van der Waals surface area contributed by atoms with Crippen LogP contribution in [-0.2, 0) is 4.79 Å². The molecule has 0 aliphatic carbocycles. The van der Waals surface area contributed by atoms with E-state index in [4.69, 9.17) is 5.11 Å². The molecule has 0 fully saturated rings. The summed E-state index contributed by atoms with van der Waals surface area (Å²) >= 11 is 1.12. The summed E-state index contributed by atoms with van der Waals surface area (Å²) in [6, 6.07) is 5.04. The molecule has 0 bridgehead atoms. The minimum absolute atomic E-state index is 0.275. The molecule has 6 nitrogen and oxygen atoms in total. The smallest absolute Gasteiger partial charge is 0.328 e. The quantitative estimate of drug-likeness (QED) is 0.847. The number of carboxylic acid groups (broad SMARTS) is 1. The standard InChI is InChI=1S/C14H13N3O3S/c1-8-7-11(4-3-10(8)5-6-12(18)19)13(20)16-14-15-9(2)17-21-14/h3-7H,1-2H3,(H,18,19)(H,15,16,17,20)/b6-5+. The average molecular weight is 303 g/mol. The van der Waals surface area contributed by atoms with Gasteiger partial charge in [-0.25, -0.2) is 9.78 Å². The Morgan fingerprint density at radius 3 is 2.67 bits per heavy atom. The lowest BCUT2D eigenvalue weighted by molar-refractivity contribution is -0.131. The summed E-state index contributed by atoms with van der Waals surface area (Å²) in [4.78, 5) is 26.6. The van der Waals surface area contributed by atoms with E-state index in [1.807, 2.05) is 6.92 Å². The number of aromatic nitrogens is 2. The molecule has 0 unspecified atom stereocenters. The number of anilines is 1. The monoisotopic (exact) mass is 303 g/mol. The fourth-order valence-corrected chi connectivity index (χ4v) is 2.25. The van der Waals surface area contributed by atoms with Gasteiger partial charge in [-0.05, 0) is 43.2 Å². The number of carbonyl (C=O) groups excluding carboxylic acids is 1. The maximum absolute atomic E-state index is 12.1. The second kappa shape index (κ2) is 6.27. The molecule has 0 saturated heterocycles. The minimum Gasteiger partial charge on any atom is -0.478 e. The number of aliphatic carboxylic acids is 1. The fraction of sp³-hybridized carbons (Fsp3) is 0.143. The summed E-state index contributed by atoms with van der Waals surface area (Å²) < 4.78 is 3.99. The van der Waals surface area contributed by atoms with E-state index >= 15 is 0 Å². The Morgan fingerprint density at radius 2 is 2.10 bits per heavy atom. The van der Waals surface area contributed by atoms with Gasteiger partial charge in [0.15, 0.2) is 0 Å². The number of rotatable bonds is 4. The predicted octanol–water partition coefficient (Wildman–Crippen LogP) is 2.51. The number of hydrogen-bond acceptors (Lipinski definition) is 5. The maximum atomic E-state index is 12.1. The number of carboxylic acids is 1. The maximum Gasteiger partial charge on any atom is 0.328 e. The van der Waals surface area contributed by atoms with Crippen LogP contribution < -0.4 is 5.32 Å². The molecular weight excluding hydrogens is 290 g/mol. The van der Waals surface area contributed by atoms with Crippen LogP contribution in [0.5, 0.6) is 0 Å². The largest absolute Gasteiger partial charge is 0.478 e. The van der Waals surface area contributed by atoms with Crippen molar-refractivity contribution in [3.05, 3.63) is 46.8 Å². The average Bonchev–Trinajstić information content (AvgIpc) is 2.82. The van der Waals surface area contributed by atoms with Gasteiger partial charge < -0.3 is 5.11 Å². The van der Waals surface area contributed by atoms with Crippen molar-refractivity contribution in [2.45, 2.75) is 13.8 Å². The van der Waals surface area contributed by atoms with E-state index in [-0.39, 0.29) is 5.91 Å². The van der Waals surface area contributed by atoms with Crippen molar-refractivity contribution < 1.29 is 14.7 Å². The van der Waals surface area contributed by atoms with Gasteiger partial charge in [-0.2, -0.15) is 4.37 Å². The summed E-state index contributed by atoms with van der Waals surface area (Å²) in [7, 11) is 0. The van der Waals surface area contributed by atoms with Crippen molar-refractivity contribution in [1.82, 2.24) is 9.36 Å². The molecule has 2 N–H and O–H groups in total. The highest BCUT2D eigenvalue weighted by Crippen LogP contribution is 2.16. The number of carbonyl (C=O) groups is 2. The van der Waals surface area contributed by atoms with Crippen molar-refractivity contribution in [3.8, 4) is 0 Å². The highest BCUT2D eigenvalue weighted by atomic mass is 32.1. The molecule has 0 saturated carbocycles. The Labute approximate surface area is 125 Å². The van der Waals surface area contributed by atoms with Crippen LogP contribution in [0.1, 0.15) is 27.3 Å². The molecule has 0 aliphatic rings. The van der Waals surface area contributed by atoms with E-state index in [1.165, 1.54) is 6.08 Å². The second-order valence-electron chi connectivity index (χ2n) is 4.34. The van der Waals surface area contributed by atoms with Gasteiger partial charge in [-0.15, -0.1) is 0 Å². The third-order valence-corrected chi connectivity index (χ3v) is 3.41. The van der Waals surface area contributed by atoms with Gasteiger partial charge in [0.25, 0.3) is 5.91 Å². The topological polar surface area (TPSA) is 92.2 Å². The molecule has 0 spiro atoms.